The molecule has 0 radical (unpaired) electrons. The average Bonchev–Trinajstić information content (AvgIpc) is 2.28. The second kappa shape index (κ2) is 3.89. The molecule has 0 spiro atoms. The average molecular weight is 214 g/mol. The Morgan fingerprint density at radius 1 is 0.688 bits per heavy atom. The Balaban J connectivity index is 2.66. The van der Waals surface area contributed by atoms with Crippen molar-refractivity contribution < 1.29 is 10.2 Å². The van der Waals surface area contributed by atoms with Crippen LogP contribution in [0.15, 0.2) is 36.4 Å². The van der Waals surface area contributed by atoms with Crippen molar-refractivity contribution in [3.63, 3.8) is 0 Å². The molecule has 0 atom stereocenters. The van der Waals surface area contributed by atoms with Crippen molar-refractivity contribution >= 4 is 0 Å². The third kappa shape index (κ3) is 1.63. The summed E-state index contributed by atoms with van der Waals surface area (Å²) in [7, 11) is 0. The van der Waals surface area contributed by atoms with Crippen LogP contribution in [-0.2, 0) is 0 Å². The predicted octanol–water partition coefficient (Wildman–Crippen LogP) is 3.38. The minimum atomic E-state index is 0.260. The minimum absolute atomic E-state index is 0.260. The van der Waals surface area contributed by atoms with Crippen LogP contribution in [0.1, 0.15) is 11.1 Å². The van der Waals surface area contributed by atoms with Crippen molar-refractivity contribution in [1.82, 2.24) is 0 Å². The van der Waals surface area contributed by atoms with Crippen LogP contribution in [0.2, 0.25) is 0 Å². The minimum Gasteiger partial charge on any atom is -0.508 e. The van der Waals surface area contributed by atoms with E-state index in [9.17, 15) is 10.2 Å². The molecule has 0 unspecified atom stereocenters. The summed E-state index contributed by atoms with van der Waals surface area (Å²) in [5.74, 6) is 0.548. The zero-order chi connectivity index (χ0) is 11.7. The Bertz CT molecular complexity index is 530. The van der Waals surface area contributed by atoms with Crippen molar-refractivity contribution in [3.8, 4) is 22.6 Å². The monoisotopic (exact) mass is 214 g/mol. The molecule has 2 aromatic carbocycles. The van der Waals surface area contributed by atoms with E-state index >= 15 is 0 Å². The van der Waals surface area contributed by atoms with E-state index in [2.05, 4.69) is 0 Å². The van der Waals surface area contributed by atoms with Gasteiger partial charge in [-0.1, -0.05) is 24.3 Å². The van der Waals surface area contributed by atoms with E-state index in [0.717, 1.165) is 22.3 Å². The molecule has 0 bridgehead atoms. The third-order valence-electron chi connectivity index (χ3n) is 2.95. The van der Waals surface area contributed by atoms with E-state index in [1.54, 1.807) is 18.2 Å². The van der Waals surface area contributed by atoms with Crippen LogP contribution in [0.5, 0.6) is 11.5 Å². The van der Waals surface area contributed by atoms with Crippen LogP contribution in [0.4, 0.5) is 0 Å². The first kappa shape index (κ1) is 10.6. The van der Waals surface area contributed by atoms with Crippen molar-refractivity contribution in [3.05, 3.63) is 47.5 Å². The van der Waals surface area contributed by atoms with Crippen molar-refractivity contribution in [2.75, 3.05) is 0 Å². The van der Waals surface area contributed by atoms with Gasteiger partial charge >= 0.3 is 0 Å². The molecule has 2 heteroatoms. The molecule has 0 heterocycles. The molecule has 2 nitrogen and oxygen atoms in total. The topological polar surface area (TPSA) is 40.5 Å². The van der Waals surface area contributed by atoms with Gasteiger partial charge in [0, 0.05) is 5.56 Å². The quantitative estimate of drug-likeness (QED) is 0.764. The van der Waals surface area contributed by atoms with Crippen LogP contribution in [0, 0.1) is 13.8 Å². The number of aromatic hydroxyl groups is 2. The number of phenols is 2. The molecule has 0 amide bonds. The lowest BCUT2D eigenvalue weighted by atomic mass is 9.96. The van der Waals surface area contributed by atoms with Crippen LogP contribution >= 0.6 is 0 Å². The molecule has 0 aromatic heterocycles. The summed E-state index contributed by atoms with van der Waals surface area (Å²) >= 11 is 0. The van der Waals surface area contributed by atoms with Gasteiger partial charge in [0.25, 0.3) is 0 Å². The van der Waals surface area contributed by atoms with Gasteiger partial charge in [-0.25, -0.2) is 0 Å². The maximum atomic E-state index is 9.79. The molecule has 2 N–H and O–H groups in total. The Morgan fingerprint density at radius 3 is 2.06 bits per heavy atom. The zero-order valence-electron chi connectivity index (χ0n) is 9.36. The number of hydrogen-bond donors (Lipinski definition) is 2. The summed E-state index contributed by atoms with van der Waals surface area (Å²) in [5, 5.41) is 19.4. The van der Waals surface area contributed by atoms with Crippen LogP contribution in [0.3, 0.4) is 0 Å². The standard InChI is InChI=1S/C14H14O2/c1-9-10(2)13(15)8-7-11(9)12-5-3-4-6-14(12)16/h3-8,15-16H,1-2H3. The summed E-state index contributed by atoms with van der Waals surface area (Å²) < 4.78 is 0. The van der Waals surface area contributed by atoms with Crippen LogP contribution < -0.4 is 0 Å². The molecule has 0 saturated heterocycles. The third-order valence-corrected chi connectivity index (χ3v) is 2.95. The fourth-order valence-electron chi connectivity index (χ4n) is 1.80. The van der Waals surface area contributed by atoms with Gasteiger partial charge in [-0.05, 0) is 42.7 Å². The molecular formula is C14H14O2. The summed E-state index contributed by atoms with van der Waals surface area (Å²) in [6.07, 6.45) is 0. The Hall–Kier alpha value is -1.96. The lowest BCUT2D eigenvalue weighted by molar-refractivity contribution is 0.470. The zero-order valence-corrected chi connectivity index (χ0v) is 9.36. The number of phenolic OH excluding ortho intramolecular Hbond substituents is 2. The molecule has 2 aromatic rings. The first-order chi connectivity index (χ1) is 7.61. The number of rotatable bonds is 1. The summed E-state index contributed by atoms with van der Waals surface area (Å²) in [6, 6.07) is 10.7. The fraction of sp³-hybridized carbons (Fsp3) is 0.143. The van der Waals surface area contributed by atoms with Gasteiger partial charge < -0.3 is 10.2 Å². The second-order valence-electron chi connectivity index (χ2n) is 3.90. The molecule has 16 heavy (non-hydrogen) atoms. The summed E-state index contributed by atoms with van der Waals surface area (Å²) in [4.78, 5) is 0. The van der Waals surface area contributed by atoms with E-state index in [1.165, 1.54) is 0 Å². The first-order valence-electron chi connectivity index (χ1n) is 5.19. The molecule has 0 aliphatic rings. The molecule has 0 aliphatic carbocycles. The van der Waals surface area contributed by atoms with Crippen molar-refractivity contribution in [1.29, 1.82) is 0 Å². The van der Waals surface area contributed by atoms with E-state index in [4.69, 9.17) is 0 Å². The van der Waals surface area contributed by atoms with Crippen LogP contribution in [-0.4, -0.2) is 10.2 Å². The van der Waals surface area contributed by atoms with Gasteiger partial charge in [-0.15, -0.1) is 0 Å². The predicted molar refractivity (Wildman–Crippen MR) is 64.7 cm³/mol. The fourth-order valence-corrected chi connectivity index (χ4v) is 1.80. The van der Waals surface area contributed by atoms with Gasteiger partial charge in [0.15, 0.2) is 0 Å². The lowest BCUT2D eigenvalue weighted by Crippen LogP contribution is -1.88. The highest BCUT2D eigenvalue weighted by Gasteiger charge is 2.09. The van der Waals surface area contributed by atoms with Crippen molar-refractivity contribution in [2.24, 2.45) is 0 Å². The molecule has 0 fully saturated rings. The normalized spacial score (nSPS) is 10.4. The smallest absolute Gasteiger partial charge is 0.123 e. The Labute approximate surface area is 94.8 Å². The van der Waals surface area contributed by atoms with Gasteiger partial charge in [-0.3, -0.25) is 0 Å². The van der Waals surface area contributed by atoms with Gasteiger partial charge in [0.2, 0.25) is 0 Å². The van der Waals surface area contributed by atoms with E-state index in [-0.39, 0.29) is 11.5 Å². The van der Waals surface area contributed by atoms with E-state index in [1.807, 2.05) is 32.0 Å². The van der Waals surface area contributed by atoms with Crippen molar-refractivity contribution in [2.45, 2.75) is 13.8 Å². The van der Waals surface area contributed by atoms with E-state index < -0.39 is 0 Å². The molecule has 2 rings (SSSR count). The molecule has 0 aliphatic heterocycles. The number of hydrogen-bond acceptors (Lipinski definition) is 2. The largest absolute Gasteiger partial charge is 0.508 e. The molecular weight excluding hydrogens is 200 g/mol. The highest BCUT2D eigenvalue weighted by molar-refractivity contribution is 5.74. The lowest BCUT2D eigenvalue weighted by Gasteiger charge is -2.11. The van der Waals surface area contributed by atoms with Gasteiger partial charge in [0.1, 0.15) is 11.5 Å². The number of benzene rings is 2. The second-order valence-corrected chi connectivity index (χ2v) is 3.90. The molecule has 82 valence electrons. The maximum absolute atomic E-state index is 9.79. The molecule has 0 saturated carbocycles. The number of para-hydroxylation sites is 1. The van der Waals surface area contributed by atoms with Gasteiger partial charge in [-0.2, -0.15) is 0 Å². The first-order valence-corrected chi connectivity index (χ1v) is 5.19. The highest BCUT2D eigenvalue weighted by Crippen LogP contribution is 2.34. The Kier molecular flexibility index (Phi) is 2.57. The highest BCUT2D eigenvalue weighted by atomic mass is 16.3. The van der Waals surface area contributed by atoms with E-state index in [0.29, 0.717) is 0 Å². The van der Waals surface area contributed by atoms with Gasteiger partial charge in [0.05, 0.1) is 0 Å². The maximum Gasteiger partial charge on any atom is 0.123 e. The summed E-state index contributed by atoms with van der Waals surface area (Å²) in [5.41, 5.74) is 3.58. The van der Waals surface area contributed by atoms with Crippen LogP contribution in [0.25, 0.3) is 11.1 Å². The Morgan fingerprint density at radius 2 is 1.38 bits per heavy atom. The summed E-state index contributed by atoms with van der Waals surface area (Å²) in [6.45, 7) is 3.81. The SMILES string of the molecule is Cc1c(O)ccc(-c2ccccc2O)c1C.